The summed E-state index contributed by atoms with van der Waals surface area (Å²) in [7, 11) is -3.65. The minimum Gasteiger partial charge on any atom is -0.354 e. The molecular formula is C28H31Cl2FN2O4S. The number of sulfone groups is 1. The highest BCUT2D eigenvalue weighted by Gasteiger charge is 2.56. The molecule has 4 rings (SSSR count). The summed E-state index contributed by atoms with van der Waals surface area (Å²) in [6.45, 7) is 6.44. The van der Waals surface area contributed by atoms with E-state index in [-0.39, 0.29) is 23.1 Å². The van der Waals surface area contributed by atoms with Gasteiger partial charge in [0.15, 0.2) is 15.4 Å². The van der Waals surface area contributed by atoms with Crippen LogP contribution in [0.25, 0.3) is 0 Å². The number of rotatable bonds is 7. The average molecular weight is 582 g/mol. The molecule has 10 heteroatoms. The number of nitriles is 1. The van der Waals surface area contributed by atoms with Crippen molar-refractivity contribution in [3.05, 3.63) is 69.5 Å². The fraction of sp³-hybridized carbons (Fsp3) is 0.500. The number of nitrogens with zero attached hydrogens (tertiary/aromatic N) is 2. The van der Waals surface area contributed by atoms with Crippen LogP contribution in [0, 0.1) is 23.1 Å². The van der Waals surface area contributed by atoms with Crippen molar-refractivity contribution in [2.75, 3.05) is 5.75 Å². The minimum atomic E-state index is -3.65. The second kappa shape index (κ2) is 10.4. The van der Waals surface area contributed by atoms with Gasteiger partial charge in [-0.2, -0.15) is 5.26 Å². The number of hydrogen-bond acceptors (Lipinski definition) is 5. The molecule has 6 nitrogen and oxygen atoms in total. The van der Waals surface area contributed by atoms with E-state index in [9.17, 15) is 22.9 Å². The van der Waals surface area contributed by atoms with Crippen LogP contribution in [0.2, 0.25) is 10.0 Å². The lowest BCUT2D eigenvalue weighted by Gasteiger charge is -2.51. The Labute approximate surface area is 233 Å². The normalized spacial score (nSPS) is 25.2. The summed E-state index contributed by atoms with van der Waals surface area (Å²) in [5.74, 6) is -1.49. The molecule has 2 aromatic rings. The highest BCUT2D eigenvalue weighted by molar-refractivity contribution is 7.92. The van der Waals surface area contributed by atoms with E-state index in [1.807, 2.05) is 6.07 Å². The first kappa shape index (κ1) is 28.8. The predicted molar refractivity (Wildman–Crippen MR) is 145 cm³/mol. The first-order chi connectivity index (χ1) is 17.7. The van der Waals surface area contributed by atoms with Crippen LogP contribution in [0.4, 0.5) is 4.39 Å². The summed E-state index contributed by atoms with van der Waals surface area (Å²) in [5.41, 5.74) is -0.530. The van der Waals surface area contributed by atoms with Gasteiger partial charge in [-0.05, 0) is 81.8 Å². The van der Waals surface area contributed by atoms with Crippen molar-refractivity contribution in [1.29, 1.82) is 5.26 Å². The molecule has 38 heavy (non-hydrogen) atoms. The van der Waals surface area contributed by atoms with Crippen LogP contribution in [-0.4, -0.2) is 41.4 Å². The van der Waals surface area contributed by atoms with E-state index < -0.39 is 50.1 Å². The van der Waals surface area contributed by atoms with Gasteiger partial charge in [-0.15, -0.1) is 0 Å². The van der Waals surface area contributed by atoms with Crippen LogP contribution in [0.15, 0.2) is 42.5 Å². The maximum Gasteiger partial charge on any atom is 0.256 e. The van der Waals surface area contributed by atoms with Gasteiger partial charge in [0, 0.05) is 11.1 Å². The Balaban J connectivity index is 1.96. The second-order valence-corrected chi connectivity index (χ2v) is 14.9. The largest absolute Gasteiger partial charge is 0.354 e. The Kier molecular flexibility index (Phi) is 7.90. The SMILES string of the molecule is CC1(CC#N)OC(c2cccc(Cl)c2)C(c2ccc(Cl)c(F)c2)N(C(CS(=O)(=O)C(C)(C)C)C2CC2)C1=O. The van der Waals surface area contributed by atoms with Crippen LogP contribution >= 0.6 is 23.2 Å². The highest BCUT2D eigenvalue weighted by atomic mass is 35.5. The fourth-order valence-corrected chi connectivity index (χ4v) is 6.63. The van der Waals surface area contributed by atoms with Gasteiger partial charge in [0.2, 0.25) is 0 Å². The van der Waals surface area contributed by atoms with E-state index >= 15 is 0 Å². The zero-order valence-electron chi connectivity index (χ0n) is 21.7. The van der Waals surface area contributed by atoms with E-state index in [2.05, 4.69) is 0 Å². The topological polar surface area (TPSA) is 87.5 Å². The Morgan fingerprint density at radius 1 is 1.18 bits per heavy atom. The summed E-state index contributed by atoms with van der Waals surface area (Å²) in [6.07, 6.45) is 0.412. The lowest BCUT2D eigenvalue weighted by atomic mass is 9.86. The monoisotopic (exact) mass is 580 g/mol. The Morgan fingerprint density at radius 3 is 2.42 bits per heavy atom. The number of carbonyl (C=O) groups is 1. The maximum atomic E-state index is 14.8. The molecule has 4 unspecified atom stereocenters. The predicted octanol–water partition coefficient (Wildman–Crippen LogP) is 6.44. The molecule has 1 amide bonds. The molecule has 1 aliphatic carbocycles. The number of amides is 1. The van der Waals surface area contributed by atoms with Gasteiger partial charge in [0.05, 0.1) is 34.1 Å². The summed E-state index contributed by atoms with van der Waals surface area (Å²) < 4.78 is 47.1. The van der Waals surface area contributed by atoms with E-state index in [4.69, 9.17) is 27.9 Å². The molecule has 0 aromatic heterocycles. The van der Waals surface area contributed by atoms with Crippen LogP contribution in [0.1, 0.15) is 70.2 Å². The number of hydrogen-bond donors (Lipinski definition) is 0. The number of morpholine rings is 1. The fourth-order valence-electron chi connectivity index (χ4n) is 4.93. The van der Waals surface area contributed by atoms with Gasteiger partial charge in [-0.1, -0.05) is 41.4 Å². The van der Waals surface area contributed by atoms with Gasteiger partial charge >= 0.3 is 0 Å². The van der Waals surface area contributed by atoms with Gasteiger partial charge in [-0.25, -0.2) is 12.8 Å². The van der Waals surface area contributed by atoms with Crippen LogP contribution in [0.5, 0.6) is 0 Å². The summed E-state index contributed by atoms with van der Waals surface area (Å²) in [4.78, 5) is 15.8. The third-order valence-corrected chi connectivity index (χ3v) is 10.6. The molecule has 2 aliphatic rings. The molecule has 2 aromatic carbocycles. The average Bonchev–Trinajstić information content (AvgIpc) is 3.66. The standard InChI is InChI=1S/C28H31Cl2FN2O4S/c1-27(2,3)38(35,36)16-23(17-8-9-17)33-24(18-10-11-21(30)22(31)15-18)25(19-6-5-7-20(29)14-19)37-28(4,12-13-32)26(33)34/h5-7,10-11,14-15,17,23-25H,8-9,12,16H2,1-4H3. The molecule has 1 saturated carbocycles. The van der Waals surface area contributed by atoms with Gasteiger partial charge < -0.3 is 9.64 Å². The Morgan fingerprint density at radius 2 is 1.87 bits per heavy atom. The number of carbonyl (C=O) groups excluding carboxylic acids is 1. The zero-order valence-corrected chi connectivity index (χ0v) is 24.1. The molecule has 1 saturated heterocycles. The lowest BCUT2D eigenvalue weighted by Crippen LogP contribution is -2.62. The quantitative estimate of drug-likeness (QED) is 0.376. The molecule has 2 fully saturated rings. The number of ether oxygens (including phenoxy) is 1. The van der Waals surface area contributed by atoms with Crippen molar-refractivity contribution in [1.82, 2.24) is 4.90 Å². The molecule has 0 bridgehead atoms. The Hall–Kier alpha value is -2.18. The van der Waals surface area contributed by atoms with Gasteiger partial charge in [-0.3, -0.25) is 4.79 Å². The van der Waals surface area contributed by atoms with Gasteiger partial charge in [0.25, 0.3) is 5.91 Å². The van der Waals surface area contributed by atoms with Crippen molar-refractivity contribution >= 4 is 38.9 Å². The van der Waals surface area contributed by atoms with Crippen LogP contribution in [-0.2, 0) is 19.4 Å². The van der Waals surface area contributed by atoms with Crippen molar-refractivity contribution in [3.63, 3.8) is 0 Å². The minimum absolute atomic E-state index is 0.0554. The summed E-state index contributed by atoms with van der Waals surface area (Å²) in [5, 5.41) is 9.97. The van der Waals surface area contributed by atoms with E-state index in [1.165, 1.54) is 12.1 Å². The number of halogens is 3. The highest BCUT2D eigenvalue weighted by Crippen LogP contribution is 2.51. The van der Waals surface area contributed by atoms with Crippen LogP contribution in [0.3, 0.4) is 0 Å². The van der Waals surface area contributed by atoms with E-state index in [1.54, 1.807) is 62.9 Å². The molecule has 1 heterocycles. The second-order valence-electron chi connectivity index (χ2n) is 11.3. The van der Waals surface area contributed by atoms with Gasteiger partial charge in [0.1, 0.15) is 11.9 Å². The lowest BCUT2D eigenvalue weighted by molar-refractivity contribution is -0.201. The third kappa shape index (κ3) is 5.58. The van der Waals surface area contributed by atoms with Crippen molar-refractivity contribution in [2.45, 2.75) is 75.5 Å². The van der Waals surface area contributed by atoms with E-state index in [0.717, 1.165) is 12.8 Å². The third-order valence-electron chi connectivity index (χ3n) is 7.39. The van der Waals surface area contributed by atoms with E-state index in [0.29, 0.717) is 16.1 Å². The number of benzene rings is 2. The van der Waals surface area contributed by atoms with Crippen molar-refractivity contribution in [3.8, 4) is 6.07 Å². The molecule has 0 N–H and O–H groups in total. The summed E-state index contributed by atoms with van der Waals surface area (Å²) in [6, 6.07) is 11.7. The zero-order chi connectivity index (χ0) is 28.0. The van der Waals surface area contributed by atoms with Crippen molar-refractivity contribution in [2.24, 2.45) is 5.92 Å². The smallest absolute Gasteiger partial charge is 0.256 e. The van der Waals surface area contributed by atoms with Crippen LogP contribution < -0.4 is 0 Å². The Bertz CT molecular complexity index is 1380. The first-order valence-electron chi connectivity index (χ1n) is 12.5. The molecule has 0 radical (unpaired) electrons. The molecule has 204 valence electrons. The van der Waals surface area contributed by atoms with Crippen molar-refractivity contribution < 1.29 is 22.3 Å². The molecular weight excluding hydrogens is 550 g/mol. The summed E-state index contributed by atoms with van der Waals surface area (Å²) >= 11 is 12.3. The maximum absolute atomic E-state index is 14.8. The first-order valence-corrected chi connectivity index (χ1v) is 14.9. The molecule has 0 spiro atoms. The molecule has 1 aliphatic heterocycles. The molecule has 4 atom stereocenters.